The van der Waals surface area contributed by atoms with Crippen LogP contribution in [0.1, 0.15) is 11.1 Å². The fourth-order valence-electron chi connectivity index (χ4n) is 3.12. The van der Waals surface area contributed by atoms with E-state index in [1.54, 1.807) is 13.2 Å². The van der Waals surface area contributed by atoms with Crippen molar-refractivity contribution >= 4 is 15.7 Å². The van der Waals surface area contributed by atoms with Crippen molar-refractivity contribution in [2.45, 2.75) is 18.7 Å². The molecule has 1 heterocycles. The van der Waals surface area contributed by atoms with Crippen LogP contribution in [0.5, 0.6) is 0 Å². The number of carbonyl (C=O) groups is 1. The van der Waals surface area contributed by atoms with Gasteiger partial charge in [0, 0.05) is 46.4 Å². The van der Waals surface area contributed by atoms with E-state index in [0.29, 0.717) is 31.1 Å². The third kappa shape index (κ3) is 6.88. The zero-order valence-electron chi connectivity index (χ0n) is 16.5. The molecule has 1 aromatic carbocycles. The number of nitrogens with one attached hydrogen (secondary N) is 1. The fourth-order valence-corrected chi connectivity index (χ4v) is 4.77. The van der Waals surface area contributed by atoms with Gasteiger partial charge in [-0.2, -0.15) is 0 Å². The summed E-state index contributed by atoms with van der Waals surface area (Å²) in [6.07, 6.45) is 0. The van der Waals surface area contributed by atoms with Crippen LogP contribution in [-0.2, 0) is 19.4 Å². The molecule has 8 heteroatoms. The van der Waals surface area contributed by atoms with E-state index >= 15 is 0 Å². The van der Waals surface area contributed by atoms with Gasteiger partial charge in [0.1, 0.15) is 0 Å². The number of benzene rings is 1. The van der Waals surface area contributed by atoms with Crippen LogP contribution >= 0.6 is 0 Å². The van der Waals surface area contributed by atoms with E-state index < -0.39 is 9.84 Å². The monoisotopic (exact) mass is 397 g/mol. The minimum atomic E-state index is -3.29. The van der Waals surface area contributed by atoms with Gasteiger partial charge >= 0.3 is 0 Å². The molecule has 0 saturated carbocycles. The maximum atomic E-state index is 12.7. The lowest BCUT2D eigenvalue weighted by Gasteiger charge is -2.34. The number of sulfone groups is 1. The molecule has 0 aliphatic carbocycles. The maximum Gasteiger partial charge on any atom is 0.234 e. The Labute approximate surface area is 162 Å². The number of nitrogens with zero attached hydrogens (tertiary/aromatic N) is 2. The minimum absolute atomic E-state index is 0.00185. The van der Waals surface area contributed by atoms with Crippen molar-refractivity contribution in [1.29, 1.82) is 0 Å². The number of methoxy groups -OCH3 is 1. The molecule has 0 atom stereocenters. The summed E-state index contributed by atoms with van der Waals surface area (Å²) in [5, 5.41) is 2.82. The zero-order chi connectivity index (χ0) is 19.9. The van der Waals surface area contributed by atoms with E-state index in [0.717, 1.165) is 37.3 Å². The van der Waals surface area contributed by atoms with E-state index in [4.69, 9.17) is 4.74 Å². The van der Waals surface area contributed by atoms with Crippen molar-refractivity contribution in [1.82, 2.24) is 15.1 Å². The number of carbonyl (C=O) groups excluding carboxylic acids is 1. The molecule has 27 heavy (non-hydrogen) atoms. The summed E-state index contributed by atoms with van der Waals surface area (Å²) in [6, 6.07) is 5.54. The number of amides is 1. The van der Waals surface area contributed by atoms with Crippen LogP contribution in [0, 0.1) is 13.8 Å². The second-order valence-corrected chi connectivity index (χ2v) is 9.13. The Bertz CT molecular complexity index is 728. The molecule has 0 radical (unpaired) electrons. The van der Waals surface area contributed by atoms with Crippen molar-refractivity contribution in [3.05, 3.63) is 29.3 Å². The second-order valence-electron chi connectivity index (χ2n) is 7.05. The highest BCUT2D eigenvalue weighted by Gasteiger charge is 2.22. The fraction of sp³-hybridized carbons (Fsp3) is 0.632. The lowest BCUT2D eigenvalue weighted by atomic mass is 10.2. The molecule has 0 bridgehead atoms. The van der Waals surface area contributed by atoms with Gasteiger partial charge in [0.2, 0.25) is 5.91 Å². The standard InChI is InChI=1S/C19H31N3O4S/c1-16-4-5-17(2)18(14-16)27(24,25)13-11-21-7-9-22(10-8-21)15-19(23)20-6-12-26-3/h4-5,14H,6-13,15H2,1-3H3,(H,20,23). The van der Waals surface area contributed by atoms with Crippen molar-refractivity contribution in [3.8, 4) is 0 Å². The van der Waals surface area contributed by atoms with Crippen molar-refractivity contribution in [3.63, 3.8) is 0 Å². The lowest BCUT2D eigenvalue weighted by molar-refractivity contribution is -0.122. The summed E-state index contributed by atoms with van der Waals surface area (Å²) in [5.74, 6) is 0.118. The molecular formula is C19H31N3O4S. The van der Waals surface area contributed by atoms with Crippen molar-refractivity contribution < 1.29 is 17.9 Å². The molecule has 1 amide bonds. The van der Waals surface area contributed by atoms with E-state index in [1.807, 2.05) is 26.0 Å². The van der Waals surface area contributed by atoms with Gasteiger partial charge in [-0.15, -0.1) is 0 Å². The van der Waals surface area contributed by atoms with Gasteiger partial charge < -0.3 is 10.1 Å². The molecule has 2 rings (SSSR count). The molecule has 1 aromatic rings. The molecule has 1 fully saturated rings. The Kier molecular flexibility index (Phi) is 8.22. The largest absolute Gasteiger partial charge is 0.383 e. The highest BCUT2D eigenvalue weighted by Crippen LogP contribution is 2.18. The molecule has 152 valence electrons. The Morgan fingerprint density at radius 1 is 1.15 bits per heavy atom. The molecule has 1 saturated heterocycles. The molecular weight excluding hydrogens is 366 g/mol. The molecule has 1 aliphatic rings. The SMILES string of the molecule is COCCNC(=O)CN1CCN(CCS(=O)(=O)c2cc(C)ccc2C)CC1. The Balaban J connectivity index is 1.77. The van der Waals surface area contributed by atoms with Crippen LogP contribution in [0.15, 0.2) is 23.1 Å². The van der Waals surface area contributed by atoms with E-state index in [-0.39, 0.29) is 11.7 Å². The minimum Gasteiger partial charge on any atom is -0.383 e. The molecule has 0 unspecified atom stereocenters. The predicted octanol–water partition coefficient (Wildman–Crippen LogP) is 0.457. The number of hydrogen-bond donors (Lipinski definition) is 1. The number of piperazine rings is 1. The molecule has 7 nitrogen and oxygen atoms in total. The first-order valence-electron chi connectivity index (χ1n) is 9.32. The number of hydrogen-bond acceptors (Lipinski definition) is 6. The van der Waals surface area contributed by atoms with Crippen molar-refractivity contribution in [2.24, 2.45) is 0 Å². The highest BCUT2D eigenvalue weighted by molar-refractivity contribution is 7.91. The number of rotatable bonds is 9. The van der Waals surface area contributed by atoms with Crippen LogP contribution < -0.4 is 5.32 Å². The van der Waals surface area contributed by atoms with E-state index in [2.05, 4.69) is 15.1 Å². The summed E-state index contributed by atoms with van der Waals surface area (Å²) in [7, 11) is -1.69. The second kappa shape index (κ2) is 10.2. The Morgan fingerprint density at radius 3 is 2.48 bits per heavy atom. The van der Waals surface area contributed by atoms with E-state index in [9.17, 15) is 13.2 Å². The van der Waals surface area contributed by atoms with Crippen LogP contribution in [0.3, 0.4) is 0 Å². The summed E-state index contributed by atoms with van der Waals surface area (Å²) in [4.78, 5) is 16.5. The highest BCUT2D eigenvalue weighted by atomic mass is 32.2. The summed E-state index contributed by atoms with van der Waals surface area (Å²) >= 11 is 0. The average Bonchev–Trinajstić information content (AvgIpc) is 2.63. The summed E-state index contributed by atoms with van der Waals surface area (Å²) in [5.41, 5.74) is 1.75. The van der Waals surface area contributed by atoms with Crippen molar-refractivity contribution in [2.75, 3.05) is 65.3 Å². The lowest BCUT2D eigenvalue weighted by Crippen LogP contribution is -2.50. The number of aryl methyl sites for hydroxylation is 2. The smallest absolute Gasteiger partial charge is 0.234 e. The first kappa shape index (κ1) is 21.8. The Hall–Kier alpha value is -1.48. The van der Waals surface area contributed by atoms with Crippen LogP contribution in [-0.4, -0.2) is 89.4 Å². The molecule has 1 N–H and O–H groups in total. The zero-order valence-corrected chi connectivity index (χ0v) is 17.3. The topological polar surface area (TPSA) is 79.0 Å². The molecule has 0 aromatic heterocycles. The summed E-state index contributed by atoms with van der Waals surface area (Å²) < 4.78 is 30.3. The predicted molar refractivity (Wildman–Crippen MR) is 106 cm³/mol. The van der Waals surface area contributed by atoms with Gasteiger partial charge in [0.15, 0.2) is 9.84 Å². The van der Waals surface area contributed by atoms with Gasteiger partial charge in [-0.3, -0.25) is 14.6 Å². The first-order valence-corrected chi connectivity index (χ1v) is 11.0. The van der Waals surface area contributed by atoms with Gasteiger partial charge in [0.25, 0.3) is 0 Å². The summed E-state index contributed by atoms with van der Waals surface area (Å²) in [6.45, 7) is 8.73. The third-order valence-corrected chi connectivity index (χ3v) is 6.65. The maximum absolute atomic E-state index is 12.7. The van der Waals surface area contributed by atoms with Crippen LogP contribution in [0.2, 0.25) is 0 Å². The molecule has 1 aliphatic heterocycles. The average molecular weight is 398 g/mol. The first-order chi connectivity index (χ1) is 12.8. The van der Waals surface area contributed by atoms with Crippen LogP contribution in [0.4, 0.5) is 0 Å². The van der Waals surface area contributed by atoms with Crippen LogP contribution in [0.25, 0.3) is 0 Å². The van der Waals surface area contributed by atoms with Gasteiger partial charge in [-0.05, 0) is 31.0 Å². The number of ether oxygens (including phenoxy) is 1. The van der Waals surface area contributed by atoms with Gasteiger partial charge in [0.05, 0.1) is 23.8 Å². The Morgan fingerprint density at radius 2 is 1.81 bits per heavy atom. The molecule has 0 spiro atoms. The van der Waals surface area contributed by atoms with E-state index in [1.165, 1.54) is 0 Å². The van der Waals surface area contributed by atoms with Gasteiger partial charge in [-0.1, -0.05) is 12.1 Å². The van der Waals surface area contributed by atoms with Gasteiger partial charge in [-0.25, -0.2) is 8.42 Å². The third-order valence-electron chi connectivity index (χ3n) is 4.82. The normalized spacial score (nSPS) is 16.4. The quantitative estimate of drug-likeness (QED) is 0.610.